The molecule has 0 spiro atoms. The lowest BCUT2D eigenvalue weighted by Gasteiger charge is -2.17. The summed E-state index contributed by atoms with van der Waals surface area (Å²) in [6, 6.07) is 6.21. The average Bonchev–Trinajstić information content (AvgIpc) is 2.28. The standard InChI is InChI=1S/C13H22N2O2/c1-10(9-17-14)11-5-6-13(16-4)12(7-11)8-15(2)3/h5-7,10H,8-9,14H2,1-4H3. The second-order valence-electron chi connectivity index (χ2n) is 4.54. The molecule has 0 amide bonds. The number of nitrogens with two attached hydrogens (primary N) is 1. The molecular formula is C13H22N2O2. The number of nitrogens with zero attached hydrogens (tertiary/aromatic N) is 1. The summed E-state index contributed by atoms with van der Waals surface area (Å²) in [6.07, 6.45) is 0. The Morgan fingerprint density at radius 3 is 2.59 bits per heavy atom. The topological polar surface area (TPSA) is 47.7 Å². The molecule has 96 valence electrons. The minimum absolute atomic E-state index is 0.284. The summed E-state index contributed by atoms with van der Waals surface area (Å²) in [5.74, 6) is 6.31. The first kappa shape index (κ1) is 14.0. The Hall–Kier alpha value is -1.10. The van der Waals surface area contributed by atoms with Crippen molar-refractivity contribution in [3.8, 4) is 5.75 Å². The summed E-state index contributed by atoms with van der Waals surface area (Å²) in [7, 11) is 5.78. The monoisotopic (exact) mass is 238 g/mol. The Balaban J connectivity index is 2.95. The molecule has 0 fully saturated rings. The molecule has 1 aromatic carbocycles. The van der Waals surface area contributed by atoms with E-state index in [2.05, 4.69) is 24.0 Å². The maximum Gasteiger partial charge on any atom is 0.123 e. The molecule has 17 heavy (non-hydrogen) atoms. The van der Waals surface area contributed by atoms with Crippen molar-refractivity contribution in [1.82, 2.24) is 4.90 Å². The van der Waals surface area contributed by atoms with Crippen molar-refractivity contribution in [1.29, 1.82) is 0 Å². The van der Waals surface area contributed by atoms with Gasteiger partial charge in [-0.2, -0.15) is 0 Å². The van der Waals surface area contributed by atoms with Crippen LogP contribution in [-0.2, 0) is 11.4 Å². The zero-order chi connectivity index (χ0) is 12.8. The molecule has 0 aliphatic carbocycles. The molecule has 4 heteroatoms. The fraction of sp³-hybridized carbons (Fsp3) is 0.538. The van der Waals surface area contributed by atoms with Gasteiger partial charge in [0.1, 0.15) is 5.75 Å². The summed E-state index contributed by atoms with van der Waals surface area (Å²) in [5.41, 5.74) is 2.40. The summed E-state index contributed by atoms with van der Waals surface area (Å²) in [6.45, 7) is 3.47. The molecule has 1 aromatic rings. The number of ether oxygens (including phenoxy) is 1. The van der Waals surface area contributed by atoms with E-state index >= 15 is 0 Å². The largest absolute Gasteiger partial charge is 0.496 e. The van der Waals surface area contributed by atoms with E-state index in [0.29, 0.717) is 6.61 Å². The molecule has 1 rings (SSSR count). The van der Waals surface area contributed by atoms with Crippen molar-refractivity contribution in [3.63, 3.8) is 0 Å². The molecule has 2 N–H and O–H groups in total. The van der Waals surface area contributed by atoms with E-state index in [1.807, 2.05) is 20.2 Å². The van der Waals surface area contributed by atoms with Gasteiger partial charge in [-0.05, 0) is 25.7 Å². The normalized spacial score (nSPS) is 12.8. The molecule has 0 aliphatic rings. The van der Waals surface area contributed by atoms with Crippen LogP contribution in [-0.4, -0.2) is 32.7 Å². The average molecular weight is 238 g/mol. The van der Waals surface area contributed by atoms with Crippen LogP contribution in [0.4, 0.5) is 0 Å². The van der Waals surface area contributed by atoms with Gasteiger partial charge >= 0.3 is 0 Å². The molecule has 4 nitrogen and oxygen atoms in total. The fourth-order valence-electron chi connectivity index (χ4n) is 1.81. The van der Waals surface area contributed by atoms with E-state index in [-0.39, 0.29) is 5.92 Å². The van der Waals surface area contributed by atoms with Crippen LogP contribution in [0.3, 0.4) is 0 Å². The van der Waals surface area contributed by atoms with Crippen LogP contribution in [0.25, 0.3) is 0 Å². The van der Waals surface area contributed by atoms with Gasteiger partial charge in [0.05, 0.1) is 13.7 Å². The smallest absolute Gasteiger partial charge is 0.123 e. The molecule has 0 radical (unpaired) electrons. The lowest BCUT2D eigenvalue weighted by molar-refractivity contribution is 0.126. The van der Waals surface area contributed by atoms with Crippen molar-refractivity contribution < 1.29 is 9.57 Å². The highest BCUT2D eigenvalue weighted by atomic mass is 16.6. The van der Waals surface area contributed by atoms with Gasteiger partial charge in [0, 0.05) is 18.0 Å². The van der Waals surface area contributed by atoms with Gasteiger partial charge in [-0.15, -0.1) is 0 Å². The molecule has 1 unspecified atom stereocenters. The van der Waals surface area contributed by atoms with Crippen LogP contribution in [0, 0.1) is 0 Å². The zero-order valence-corrected chi connectivity index (χ0v) is 11.1. The Labute approximate surface area is 103 Å². The van der Waals surface area contributed by atoms with Crippen LogP contribution in [0.1, 0.15) is 24.0 Å². The first-order chi connectivity index (χ1) is 8.08. The van der Waals surface area contributed by atoms with E-state index in [1.165, 1.54) is 11.1 Å². The van der Waals surface area contributed by atoms with Crippen molar-refractivity contribution in [2.45, 2.75) is 19.4 Å². The minimum atomic E-state index is 0.284. The highest BCUT2D eigenvalue weighted by Gasteiger charge is 2.10. The third-order valence-corrected chi connectivity index (χ3v) is 2.71. The number of hydrogen-bond acceptors (Lipinski definition) is 4. The van der Waals surface area contributed by atoms with Crippen LogP contribution >= 0.6 is 0 Å². The fourth-order valence-corrected chi connectivity index (χ4v) is 1.81. The molecule has 0 bridgehead atoms. The number of hydrogen-bond donors (Lipinski definition) is 1. The van der Waals surface area contributed by atoms with Crippen LogP contribution in [0.2, 0.25) is 0 Å². The molecule has 0 aromatic heterocycles. The lowest BCUT2D eigenvalue weighted by atomic mass is 9.99. The summed E-state index contributed by atoms with van der Waals surface area (Å²) in [5, 5.41) is 0. The number of rotatable bonds is 6. The van der Waals surface area contributed by atoms with Gasteiger partial charge in [0.2, 0.25) is 0 Å². The highest BCUT2D eigenvalue weighted by Crippen LogP contribution is 2.25. The molecule has 0 aliphatic heterocycles. The van der Waals surface area contributed by atoms with Crippen molar-refractivity contribution in [3.05, 3.63) is 29.3 Å². The maximum atomic E-state index is 5.36. The predicted octanol–water partition coefficient (Wildman–Crippen LogP) is 1.75. The Kier molecular flexibility index (Phi) is 5.41. The molecule has 1 atom stereocenters. The van der Waals surface area contributed by atoms with Crippen LogP contribution < -0.4 is 10.6 Å². The Morgan fingerprint density at radius 1 is 1.35 bits per heavy atom. The van der Waals surface area contributed by atoms with Gasteiger partial charge in [-0.25, -0.2) is 5.90 Å². The molecule has 0 saturated carbocycles. The quantitative estimate of drug-likeness (QED) is 0.767. The molecule has 0 heterocycles. The van der Waals surface area contributed by atoms with Gasteiger partial charge in [0.25, 0.3) is 0 Å². The lowest BCUT2D eigenvalue weighted by Crippen LogP contribution is -2.13. The van der Waals surface area contributed by atoms with Crippen molar-refractivity contribution >= 4 is 0 Å². The van der Waals surface area contributed by atoms with Gasteiger partial charge in [0.15, 0.2) is 0 Å². The minimum Gasteiger partial charge on any atom is -0.496 e. The zero-order valence-electron chi connectivity index (χ0n) is 11.1. The maximum absolute atomic E-state index is 5.36. The van der Waals surface area contributed by atoms with Crippen LogP contribution in [0.5, 0.6) is 5.75 Å². The van der Waals surface area contributed by atoms with Crippen molar-refractivity contribution in [2.24, 2.45) is 5.90 Å². The summed E-state index contributed by atoms with van der Waals surface area (Å²) < 4.78 is 5.36. The van der Waals surface area contributed by atoms with E-state index in [1.54, 1.807) is 7.11 Å². The molecule has 0 saturated heterocycles. The van der Waals surface area contributed by atoms with Crippen molar-refractivity contribution in [2.75, 3.05) is 27.8 Å². The van der Waals surface area contributed by atoms with E-state index in [0.717, 1.165) is 12.3 Å². The second-order valence-corrected chi connectivity index (χ2v) is 4.54. The SMILES string of the molecule is COc1ccc(C(C)CON)cc1CN(C)C. The van der Waals surface area contributed by atoms with Crippen LogP contribution in [0.15, 0.2) is 18.2 Å². The Bertz CT molecular complexity index is 353. The second kappa shape index (κ2) is 6.59. The van der Waals surface area contributed by atoms with Gasteiger partial charge in [-0.3, -0.25) is 0 Å². The van der Waals surface area contributed by atoms with E-state index in [9.17, 15) is 0 Å². The predicted molar refractivity (Wildman–Crippen MR) is 68.9 cm³/mol. The molecular weight excluding hydrogens is 216 g/mol. The number of methoxy groups -OCH3 is 1. The Morgan fingerprint density at radius 2 is 2.06 bits per heavy atom. The van der Waals surface area contributed by atoms with E-state index in [4.69, 9.17) is 15.5 Å². The summed E-state index contributed by atoms with van der Waals surface area (Å²) in [4.78, 5) is 6.81. The van der Waals surface area contributed by atoms with Gasteiger partial charge in [-0.1, -0.05) is 19.1 Å². The van der Waals surface area contributed by atoms with E-state index < -0.39 is 0 Å². The summed E-state index contributed by atoms with van der Waals surface area (Å²) >= 11 is 0. The first-order valence-electron chi connectivity index (χ1n) is 5.71. The first-order valence-corrected chi connectivity index (χ1v) is 5.71. The van der Waals surface area contributed by atoms with Gasteiger partial charge < -0.3 is 14.5 Å². The third kappa shape index (κ3) is 4.00. The third-order valence-electron chi connectivity index (χ3n) is 2.71. The highest BCUT2D eigenvalue weighted by molar-refractivity contribution is 5.38. The number of benzene rings is 1.